The molecule has 0 radical (unpaired) electrons. The number of quaternary nitrogens is 2. The quantitative estimate of drug-likeness (QED) is 0.391. The van der Waals surface area contributed by atoms with Gasteiger partial charge in [-0.1, -0.05) is 0 Å². The van der Waals surface area contributed by atoms with Crippen LogP contribution in [0.5, 0.6) is 0 Å². The molecule has 0 saturated heterocycles. The lowest BCUT2D eigenvalue weighted by molar-refractivity contribution is -0.325. The Labute approximate surface area is 38.0 Å². The standard InChI is InChI=1S/2CH3O.2H3N/c2*1-2;;/h2*1H3;2*1H3/q2*-1;;/p+2. The maximum atomic E-state index is 8.25. The van der Waals surface area contributed by atoms with Gasteiger partial charge in [0.2, 0.25) is 0 Å². The van der Waals surface area contributed by atoms with E-state index in [2.05, 4.69) is 0 Å². The van der Waals surface area contributed by atoms with Gasteiger partial charge in [-0.25, -0.2) is 0 Å². The van der Waals surface area contributed by atoms with E-state index in [0.717, 1.165) is 14.2 Å². The molecule has 0 rings (SSSR count). The molecule has 0 fully saturated rings. The monoisotopic (exact) mass is 98.1 g/mol. The normalized spacial score (nSPS) is 2.00. The van der Waals surface area contributed by atoms with E-state index in [1.165, 1.54) is 0 Å². The highest BCUT2D eigenvalue weighted by molar-refractivity contribution is 3.08. The molecule has 4 nitrogen and oxygen atoms in total. The molecule has 0 bridgehead atoms. The van der Waals surface area contributed by atoms with Crippen LogP contribution >= 0.6 is 0 Å². The minimum absolute atomic E-state index is 0. The number of hydrogen-bond donors (Lipinski definition) is 2. The Morgan fingerprint density at radius 1 is 0.667 bits per heavy atom. The van der Waals surface area contributed by atoms with Crippen molar-refractivity contribution in [1.29, 1.82) is 0 Å². The average Bonchev–Trinajstić information content (AvgIpc) is 1.50. The minimum Gasteiger partial charge on any atom is -0.857 e. The van der Waals surface area contributed by atoms with Gasteiger partial charge < -0.3 is 22.5 Å². The molecule has 0 heterocycles. The molecular formula is C2H14N2O2. The molecule has 0 spiro atoms. The van der Waals surface area contributed by atoms with Crippen molar-refractivity contribution < 1.29 is 10.2 Å². The molecule has 6 heavy (non-hydrogen) atoms. The summed E-state index contributed by atoms with van der Waals surface area (Å²) < 4.78 is 0. The van der Waals surface area contributed by atoms with E-state index >= 15 is 0 Å². The second-order valence-electron chi connectivity index (χ2n) is 0. The van der Waals surface area contributed by atoms with Gasteiger partial charge in [0, 0.05) is 0 Å². The smallest absolute Gasteiger partial charge is 0.153 e. The van der Waals surface area contributed by atoms with E-state index in [1.54, 1.807) is 0 Å². The molecule has 0 aliphatic rings. The first-order valence-electron chi connectivity index (χ1n) is 0.816. The lowest BCUT2D eigenvalue weighted by Crippen LogP contribution is -1.81. The summed E-state index contributed by atoms with van der Waals surface area (Å²) in [6.45, 7) is 0. The lowest BCUT2D eigenvalue weighted by atomic mass is 11.8. The molecule has 0 atom stereocenters. The first-order valence-corrected chi connectivity index (χ1v) is 0.816. The van der Waals surface area contributed by atoms with Crippen molar-refractivity contribution in [2.45, 2.75) is 0 Å². The van der Waals surface area contributed by atoms with Crippen molar-refractivity contribution in [3.63, 3.8) is 0 Å². The second-order valence-corrected chi connectivity index (χ2v) is 0. The Hall–Kier alpha value is -0.160. The van der Waals surface area contributed by atoms with Crippen LogP contribution in [0.25, 0.3) is 0 Å². The molecule has 0 aromatic heterocycles. The maximum Gasteiger partial charge on any atom is -0.153 e. The zero-order valence-corrected chi connectivity index (χ0v) is 4.82. The molecule has 0 aliphatic heterocycles. The van der Waals surface area contributed by atoms with Gasteiger partial charge in [-0.2, -0.15) is 14.2 Å². The summed E-state index contributed by atoms with van der Waals surface area (Å²) in [5.74, 6) is 0. The predicted octanol–water partition coefficient (Wildman–Crippen LogP) is -1.29. The fourth-order valence-electron chi connectivity index (χ4n) is 0. The van der Waals surface area contributed by atoms with Crippen LogP contribution < -0.4 is 22.5 Å². The third-order valence-corrected chi connectivity index (χ3v) is 0. The van der Waals surface area contributed by atoms with E-state index < -0.39 is 0 Å². The Morgan fingerprint density at radius 2 is 0.667 bits per heavy atom. The van der Waals surface area contributed by atoms with Crippen molar-refractivity contribution >= 4 is 0 Å². The summed E-state index contributed by atoms with van der Waals surface area (Å²) in [4.78, 5) is 0. The number of hydrogen-bond acceptors (Lipinski definition) is 2. The average molecular weight is 98.1 g/mol. The van der Waals surface area contributed by atoms with E-state index in [-0.39, 0.29) is 12.3 Å². The Bertz CT molecular complexity index is 9.51. The lowest BCUT2D eigenvalue weighted by Gasteiger charge is -1.57. The van der Waals surface area contributed by atoms with Gasteiger partial charge in [-0.3, -0.25) is 0 Å². The summed E-state index contributed by atoms with van der Waals surface area (Å²) in [5, 5.41) is 16.5. The first kappa shape index (κ1) is 40.4. The molecule has 8 N–H and O–H groups in total. The Balaban J connectivity index is -0.00000000500. The van der Waals surface area contributed by atoms with Gasteiger partial charge in [0.05, 0.1) is 0 Å². The van der Waals surface area contributed by atoms with Crippen LogP contribution in [0.4, 0.5) is 0 Å². The third-order valence-electron chi connectivity index (χ3n) is 0. The molecule has 0 aliphatic carbocycles. The van der Waals surface area contributed by atoms with Gasteiger partial charge >= 0.3 is 0 Å². The van der Waals surface area contributed by atoms with Gasteiger partial charge in [0.15, 0.2) is 0 Å². The molecule has 0 unspecified atom stereocenters. The summed E-state index contributed by atoms with van der Waals surface area (Å²) in [6.07, 6.45) is 0. The van der Waals surface area contributed by atoms with E-state index in [4.69, 9.17) is 10.2 Å². The molecule has 4 heteroatoms. The van der Waals surface area contributed by atoms with Crippen LogP contribution in [0.2, 0.25) is 0 Å². The zero-order chi connectivity index (χ0) is 4.00. The largest absolute Gasteiger partial charge is 0.857 e. The van der Waals surface area contributed by atoms with Crippen LogP contribution in [0, 0.1) is 0 Å². The third kappa shape index (κ3) is 1210. The van der Waals surface area contributed by atoms with E-state index in [9.17, 15) is 0 Å². The van der Waals surface area contributed by atoms with Crippen molar-refractivity contribution in [3.05, 3.63) is 0 Å². The van der Waals surface area contributed by atoms with Gasteiger partial charge in [0.1, 0.15) is 0 Å². The first-order chi connectivity index (χ1) is 2.00. The van der Waals surface area contributed by atoms with Crippen LogP contribution in [0.15, 0.2) is 0 Å². The van der Waals surface area contributed by atoms with Gasteiger partial charge in [-0.05, 0) is 0 Å². The minimum atomic E-state index is 0. The van der Waals surface area contributed by atoms with Crippen molar-refractivity contribution in [1.82, 2.24) is 12.3 Å². The Kier molecular flexibility index (Phi) is 18800. The summed E-state index contributed by atoms with van der Waals surface area (Å²) in [6, 6.07) is 0. The van der Waals surface area contributed by atoms with Gasteiger partial charge in [-0.15, -0.1) is 0 Å². The SMILES string of the molecule is C[O-].C[O-].[NH4+].[NH4+]. The van der Waals surface area contributed by atoms with Crippen molar-refractivity contribution in [3.8, 4) is 0 Å². The molecule has 0 aromatic rings. The van der Waals surface area contributed by atoms with Crippen molar-refractivity contribution in [2.75, 3.05) is 14.2 Å². The molecular weight excluding hydrogens is 84.0 g/mol. The zero-order valence-electron chi connectivity index (χ0n) is 4.82. The summed E-state index contributed by atoms with van der Waals surface area (Å²) >= 11 is 0. The predicted molar refractivity (Wildman–Crippen MR) is 23.8 cm³/mol. The van der Waals surface area contributed by atoms with Crippen LogP contribution in [0.1, 0.15) is 0 Å². The fraction of sp³-hybridized carbons (Fsp3) is 1.00. The summed E-state index contributed by atoms with van der Waals surface area (Å²) in [5.41, 5.74) is 0. The maximum absolute atomic E-state index is 8.25. The highest BCUT2D eigenvalue weighted by atomic mass is 16.2. The highest BCUT2D eigenvalue weighted by Crippen LogP contribution is 0.420. The highest BCUT2D eigenvalue weighted by Gasteiger charge is 0.557. The van der Waals surface area contributed by atoms with Crippen molar-refractivity contribution in [2.24, 2.45) is 0 Å². The topological polar surface area (TPSA) is 119 Å². The molecule has 0 saturated carbocycles. The van der Waals surface area contributed by atoms with Crippen LogP contribution in [0.3, 0.4) is 0 Å². The van der Waals surface area contributed by atoms with Crippen LogP contribution in [-0.2, 0) is 0 Å². The molecule has 0 amide bonds. The number of rotatable bonds is 0. The summed E-state index contributed by atoms with van der Waals surface area (Å²) in [7, 11) is 1.50. The van der Waals surface area contributed by atoms with E-state index in [0.29, 0.717) is 0 Å². The second kappa shape index (κ2) is 2790. The van der Waals surface area contributed by atoms with Crippen LogP contribution in [-0.4, -0.2) is 14.2 Å². The molecule has 44 valence electrons. The van der Waals surface area contributed by atoms with Gasteiger partial charge in [0.25, 0.3) is 0 Å². The fourth-order valence-corrected chi connectivity index (χ4v) is 0. The molecule has 0 aromatic carbocycles. The van der Waals surface area contributed by atoms with E-state index in [1.807, 2.05) is 0 Å². The Morgan fingerprint density at radius 3 is 0.667 bits per heavy atom.